The normalized spacial score (nSPS) is 27.4. The van der Waals surface area contributed by atoms with Crippen molar-refractivity contribution >= 4 is 34.1 Å². The third-order valence-electron chi connectivity index (χ3n) is 8.93. The van der Waals surface area contributed by atoms with Crippen LogP contribution >= 0.6 is 0 Å². The fourth-order valence-corrected chi connectivity index (χ4v) is 7.33. The van der Waals surface area contributed by atoms with Crippen LogP contribution in [0.15, 0.2) is 72.9 Å². The Morgan fingerprint density at radius 3 is 2.39 bits per heavy atom. The van der Waals surface area contributed by atoms with Crippen molar-refractivity contribution in [3.63, 3.8) is 0 Å². The van der Waals surface area contributed by atoms with Gasteiger partial charge in [0.15, 0.2) is 0 Å². The van der Waals surface area contributed by atoms with E-state index in [0.29, 0.717) is 17.3 Å². The minimum atomic E-state index is -0.324. The Kier molecular flexibility index (Phi) is 5.37. The van der Waals surface area contributed by atoms with Crippen molar-refractivity contribution in [1.29, 1.82) is 0 Å². The van der Waals surface area contributed by atoms with Gasteiger partial charge in [0, 0.05) is 34.2 Å². The number of hydrogen-bond acceptors (Lipinski definition) is 4. The molecular weight excluding hydrogens is 476 g/mol. The molecule has 4 N–H and O–H groups in total. The highest BCUT2D eigenvalue weighted by atomic mass is 16.3. The predicted octanol–water partition coefficient (Wildman–Crippen LogP) is 5.61. The largest absolute Gasteiger partial charge is 0.393 e. The van der Waals surface area contributed by atoms with E-state index >= 15 is 0 Å². The van der Waals surface area contributed by atoms with Gasteiger partial charge in [0.2, 0.25) is 5.91 Å². The summed E-state index contributed by atoms with van der Waals surface area (Å²) in [4.78, 5) is 33.4. The Hall–Kier alpha value is -3.97. The number of nitrogens with one attached hydrogen (secondary N) is 3. The molecule has 0 saturated heterocycles. The number of hydrogen-bond donors (Lipinski definition) is 4. The zero-order chi connectivity index (χ0) is 25.9. The predicted molar refractivity (Wildman–Crippen MR) is 147 cm³/mol. The summed E-state index contributed by atoms with van der Waals surface area (Å²) in [6.07, 6.45) is 6.09. The monoisotopic (exact) mass is 506 g/mol. The maximum Gasteiger partial charge on any atom is 0.274 e. The lowest BCUT2D eigenvalue weighted by Gasteiger charge is -2.57. The van der Waals surface area contributed by atoms with Gasteiger partial charge in [-0.3, -0.25) is 14.6 Å². The van der Waals surface area contributed by atoms with Gasteiger partial charge in [0.25, 0.3) is 5.91 Å². The SMILES string of the molecule is O=C(Nc1ccc2[nH]c(-c3ccc(NC(=O)C45CC6C[C@H](C4)C(O)[C@@H](C6)C5)cc3)cc2c1)c1ccccn1. The zero-order valence-corrected chi connectivity index (χ0v) is 21.0. The summed E-state index contributed by atoms with van der Waals surface area (Å²) in [6.45, 7) is 0. The molecule has 4 saturated carbocycles. The zero-order valence-electron chi connectivity index (χ0n) is 21.0. The van der Waals surface area contributed by atoms with E-state index in [1.165, 1.54) is 0 Å². The average Bonchev–Trinajstić information content (AvgIpc) is 3.35. The number of amides is 2. The lowest BCUT2D eigenvalue weighted by Crippen LogP contribution is -2.57. The van der Waals surface area contributed by atoms with E-state index in [4.69, 9.17) is 0 Å². The van der Waals surface area contributed by atoms with Crippen LogP contribution in [0.3, 0.4) is 0 Å². The second-order valence-electron chi connectivity index (χ2n) is 11.4. The van der Waals surface area contributed by atoms with Crippen LogP contribution in [0.1, 0.15) is 42.6 Å². The fourth-order valence-electron chi connectivity index (χ4n) is 7.33. The molecule has 2 heterocycles. The Morgan fingerprint density at radius 1 is 0.895 bits per heavy atom. The molecule has 2 aromatic heterocycles. The smallest absolute Gasteiger partial charge is 0.274 e. The molecule has 8 rings (SSSR count). The summed E-state index contributed by atoms with van der Waals surface area (Å²) in [5, 5.41) is 17.6. The number of aliphatic hydroxyl groups is 1. The lowest BCUT2D eigenvalue weighted by molar-refractivity contribution is -0.158. The van der Waals surface area contributed by atoms with Gasteiger partial charge >= 0.3 is 0 Å². The summed E-state index contributed by atoms with van der Waals surface area (Å²) >= 11 is 0. The number of aromatic nitrogens is 2. The number of aromatic amines is 1. The van der Waals surface area contributed by atoms with E-state index in [2.05, 4.69) is 26.7 Å². The molecule has 0 aliphatic heterocycles. The molecule has 38 heavy (non-hydrogen) atoms. The van der Waals surface area contributed by atoms with Crippen molar-refractivity contribution in [2.45, 2.75) is 38.2 Å². The minimum absolute atomic E-state index is 0.113. The molecule has 4 aliphatic rings. The van der Waals surface area contributed by atoms with Gasteiger partial charge in [0.1, 0.15) is 5.69 Å². The van der Waals surface area contributed by atoms with E-state index in [9.17, 15) is 14.7 Å². The van der Waals surface area contributed by atoms with Crippen molar-refractivity contribution in [2.24, 2.45) is 23.2 Å². The fraction of sp³-hybridized carbons (Fsp3) is 0.323. The molecule has 2 aromatic carbocycles. The van der Waals surface area contributed by atoms with Crippen LogP contribution in [0, 0.1) is 23.2 Å². The molecule has 4 aliphatic carbocycles. The minimum Gasteiger partial charge on any atom is -0.393 e. The molecule has 7 nitrogen and oxygen atoms in total. The van der Waals surface area contributed by atoms with Crippen LogP contribution in [0.25, 0.3) is 22.2 Å². The number of carbonyl (C=O) groups is 2. The highest BCUT2D eigenvalue weighted by Crippen LogP contribution is 2.60. The second-order valence-corrected chi connectivity index (χ2v) is 11.4. The van der Waals surface area contributed by atoms with E-state index in [1.807, 2.05) is 42.5 Å². The van der Waals surface area contributed by atoms with Crippen LogP contribution in [0.2, 0.25) is 0 Å². The quantitative estimate of drug-likeness (QED) is 0.282. The maximum absolute atomic E-state index is 13.4. The Labute approximate surface area is 220 Å². The molecule has 192 valence electrons. The number of rotatable bonds is 5. The molecule has 4 fully saturated rings. The molecule has 2 amide bonds. The third-order valence-corrected chi connectivity index (χ3v) is 8.93. The van der Waals surface area contributed by atoms with Crippen molar-refractivity contribution in [3.8, 4) is 11.3 Å². The topological polar surface area (TPSA) is 107 Å². The number of fused-ring (bicyclic) bond motifs is 1. The molecule has 0 radical (unpaired) electrons. The van der Waals surface area contributed by atoms with Crippen LogP contribution < -0.4 is 10.6 Å². The maximum atomic E-state index is 13.4. The highest BCUT2D eigenvalue weighted by Gasteiger charge is 2.58. The van der Waals surface area contributed by atoms with Crippen molar-refractivity contribution in [3.05, 3.63) is 78.6 Å². The van der Waals surface area contributed by atoms with Gasteiger partial charge < -0.3 is 20.7 Å². The van der Waals surface area contributed by atoms with Gasteiger partial charge in [-0.2, -0.15) is 0 Å². The van der Waals surface area contributed by atoms with Crippen molar-refractivity contribution in [1.82, 2.24) is 9.97 Å². The summed E-state index contributed by atoms with van der Waals surface area (Å²) in [6, 6.07) is 21.0. The summed E-state index contributed by atoms with van der Waals surface area (Å²) in [5.74, 6) is 1.00. The number of pyridine rings is 1. The molecule has 5 atom stereocenters. The number of carbonyl (C=O) groups excluding carboxylic acids is 2. The Bertz CT molecular complexity index is 1510. The molecule has 0 spiro atoms. The third kappa shape index (κ3) is 3.98. The van der Waals surface area contributed by atoms with Crippen LogP contribution in [-0.4, -0.2) is 33.0 Å². The van der Waals surface area contributed by atoms with Gasteiger partial charge in [0.05, 0.1) is 11.5 Å². The number of benzene rings is 2. The van der Waals surface area contributed by atoms with Gasteiger partial charge in [-0.25, -0.2) is 0 Å². The van der Waals surface area contributed by atoms with E-state index in [0.717, 1.165) is 60.0 Å². The molecule has 7 heteroatoms. The molecule has 4 bridgehead atoms. The molecule has 3 unspecified atom stereocenters. The number of aliphatic hydroxyl groups excluding tert-OH is 1. The Balaban J connectivity index is 1.05. The van der Waals surface area contributed by atoms with Crippen LogP contribution in [-0.2, 0) is 4.79 Å². The van der Waals surface area contributed by atoms with Crippen molar-refractivity contribution in [2.75, 3.05) is 10.6 Å². The van der Waals surface area contributed by atoms with Gasteiger partial charge in [-0.15, -0.1) is 0 Å². The van der Waals surface area contributed by atoms with Crippen LogP contribution in [0.4, 0.5) is 11.4 Å². The molecular formula is C31H30N4O3. The standard InChI is InChI=1S/C31H30N4O3/c36-28-21-11-18-12-22(28)17-31(15-18,16-21)30(38)34-23-6-4-19(5-7-23)27-14-20-13-24(8-9-25(20)35-27)33-29(37)26-3-1-2-10-32-26/h1-10,13-14,18,21-22,28,35-36H,11-12,15-17H2,(H,33,37)(H,34,38)/t18?,21-,22+,28?,31?. The van der Waals surface area contributed by atoms with E-state index < -0.39 is 0 Å². The number of nitrogens with zero attached hydrogens (tertiary/aromatic N) is 1. The van der Waals surface area contributed by atoms with E-state index in [1.54, 1.807) is 24.4 Å². The van der Waals surface area contributed by atoms with Gasteiger partial charge in [-0.05, 0) is 104 Å². The Morgan fingerprint density at radius 2 is 1.66 bits per heavy atom. The first-order chi connectivity index (χ1) is 18.5. The van der Waals surface area contributed by atoms with Gasteiger partial charge in [-0.1, -0.05) is 18.2 Å². The lowest BCUT2D eigenvalue weighted by atomic mass is 9.48. The first-order valence-electron chi connectivity index (χ1n) is 13.4. The number of H-pyrrole nitrogens is 1. The summed E-state index contributed by atoms with van der Waals surface area (Å²) < 4.78 is 0. The highest BCUT2D eigenvalue weighted by molar-refractivity contribution is 6.04. The summed E-state index contributed by atoms with van der Waals surface area (Å²) in [5.41, 5.74) is 4.49. The first kappa shape index (κ1) is 23.2. The summed E-state index contributed by atoms with van der Waals surface area (Å²) in [7, 11) is 0. The average molecular weight is 507 g/mol. The first-order valence-corrected chi connectivity index (χ1v) is 13.4. The number of anilines is 2. The van der Waals surface area contributed by atoms with Crippen molar-refractivity contribution < 1.29 is 14.7 Å². The van der Waals surface area contributed by atoms with E-state index in [-0.39, 0.29) is 35.2 Å². The second kappa shape index (κ2) is 8.81. The van der Waals surface area contributed by atoms with Crippen LogP contribution in [0.5, 0.6) is 0 Å². The molecule has 4 aromatic rings.